The van der Waals surface area contributed by atoms with E-state index in [9.17, 15) is 38.7 Å². The normalized spacial score (nSPS) is 19.4. The molecular formula is C36H55N7O8. The van der Waals surface area contributed by atoms with Crippen molar-refractivity contribution in [1.29, 1.82) is 0 Å². The van der Waals surface area contributed by atoms with Crippen molar-refractivity contribution in [2.24, 2.45) is 0 Å². The number of likely N-dealkylation sites (tertiary alicyclic amines) is 2. The van der Waals surface area contributed by atoms with Crippen LogP contribution < -0.4 is 26.6 Å². The van der Waals surface area contributed by atoms with Crippen molar-refractivity contribution in [1.82, 2.24) is 36.4 Å². The van der Waals surface area contributed by atoms with Crippen molar-refractivity contribution >= 4 is 42.1 Å². The molecule has 51 heavy (non-hydrogen) atoms. The summed E-state index contributed by atoms with van der Waals surface area (Å²) in [6.45, 7) is 2.88. The number of likely N-dealkylation sites (N-methyl/N-ethyl adjacent to an activating group) is 2. The van der Waals surface area contributed by atoms with Gasteiger partial charge in [-0.05, 0) is 96.0 Å². The molecule has 2 fully saturated rings. The highest BCUT2D eigenvalue weighted by Gasteiger charge is 2.38. The van der Waals surface area contributed by atoms with E-state index >= 15 is 0 Å². The van der Waals surface area contributed by atoms with Gasteiger partial charge >= 0.3 is 0 Å². The van der Waals surface area contributed by atoms with E-state index in [2.05, 4.69) is 26.6 Å². The van der Waals surface area contributed by atoms with Crippen LogP contribution in [0, 0.1) is 0 Å². The number of carbonyl (C=O) groups is 7. The van der Waals surface area contributed by atoms with E-state index in [1.807, 2.05) is 0 Å². The molecule has 0 radical (unpaired) electrons. The van der Waals surface area contributed by atoms with E-state index in [-0.39, 0.29) is 48.8 Å². The Morgan fingerprint density at radius 2 is 1.43 bits per heavy atom. The summed E-state index contributed by atoms with van der Waals surface area (Å²) >= 11 is 0. The summed E-state index contributed by atoms with van der Waals surface area (Å²) in [5, 5.41) is 24.0. The quantitative estimate of drug-likeness (QED) is 0.0739. The van der Waals surface area contributed by atoms with Gasteiger partial charge in [-0.1, -0.05) is 19.1 Å². The van der Waals surface area contributed by atoms with Gasteiger partial charge in [-0.25, -0.2) is 0 Å². The highest BCUT2D eigenvalue weighted by Crippen LogP contribution is 2.21. The lowest BCUT2D eigenvalue weighted by Gasteiger charge is -2.29. The number of phenols is 1. The second-order valence-corrected chi connectivity index (χ2v) is 13.2. The Morgan fingerprint density at radius 3 is 2.06 bits per heavy atom. The first kappa shape index (κ1) is 41.1. The number of aryl methyl sites for hydroxylation is 1. The first-order valence-electron chi connectivity index (χ1n) is 18.1. The molecule has 6 atom stereocenters. The molecule has 15 nitrogen and oxygen atoms in total. The fourth-order valence-electron chi connectivity index (χ4n) is 6.71. The molecule has 2 heterocycles. The summed E-state index contributed by atoms with van der Waals surface area (Å²) in [5.74, 6) is -1.60. The smallest absolute Gasteiger partial charge is 0.245 e. The van der Waals surface area contributed by atoms with Gasteiger partial charge in [-0.3, -0.25) is 24.0 Å². The van der Waals surface area contributed by atoms with Gasteiger partial charge in [0.15, 0.2) is 0 Å². The van der Waals surface area contributed by atoms with Crippen molar-refractivity contribution in [2.45, 2.75) is 114 Å². The summed E-state index contributed by atoms with van der Waals surface area (Å²) in [7, 11) is 3.30. The summed E-state index contributed by atoms with van der Waals surface area (Å²) in [4.78, 5) is 91.9. The van der Waals surface area contributed by atoms with Crippen molar-refractivity contribution in [2.75, 3.05) is 33.7 Å². The fourth-order valence-corrected chi connectivity index (χ4v) is 6.71. The van der Waals surface area contributed by atoms with Crippen LogP contribution in [0.25, 0.3) is 0 Å². The highest BCUT2D eigenvalue weighted by molar-refractivity contribution is 5.94. The van der Waals surface area contributed by atoms with E-state index in [1.54, 1.807) is 45.3 Å². The number of amides is 5. The van der Waals surface area contributed by atoms with Crippen molar-refractivity contribution in [3.8, 4) is 5.75 Å². The van der Waals surface area contributed by atoms with E-state index in [0.717, 1.165) is 18.3 Å². The number of nitrogens with one attached hydrogen (secondary N) is 5. The molecule has 0 spiro atoms. The molecule has 0 aromatic heterocycles. The minimum atomic E-state index is -0.982. The van der Waals surface area contributed by atoms with Gasteiger partial charge in [0, 0.05) is 26.1 Å². The molecule has 1 aromatic rings. The summed E-state index contributed by atoms with van der Waals surface area (Å²) in [6, 6.07) is 2.57. The predicted molar refractivity (Wildman–Crippen MR) is 189 cm³/mol. The minimum absolute atomic E-state index is 0.0595. The highest BCUT2D eigenvalue weighted by atomic mass is 16.3. The summed E-state index contributed by atoms with van der Waals surface area (Å²) < 4.78 is 0. The molecule has 0 bridgehead atoms. The van der Waals surface area contributed by atoms with E-state index in [1.165, 1.54) is 9.80 Å². The Hall–Kier alpha value is -4.37. The van der Waals surface area contributed by atoms with Crippen LogP contribution in [0.15, 0.2) is 24.3 Å². The Bertz CT molecular complexity index is 1340. The number of phenolic OH excluding ortho intramolecular Hbond substituents is 1. The van der Waals surface area contributed by atoms with E-state index in [4.69, 9.17) is 0 Å². The molecule has 1 aromatic carbocycles. The monoisotopic (exact) mass is 713 g/mol. The van der Waals surface area contributed by atoms with Gasteiger partial charge in [0.25, 0.3) is 0 Å². The number of aldehydes is 2. The molecule has 6 N–H and O–H groups in total. The number of rotatable bonds is 21. The van der Waals surface area contributed by atoms with Crippen molar-refractivity contribution < 1.29 is 38.7 Å². The molecule has 5 unspecified atom stereocenters. The maximum Gasteiger partial charge on any atom is 0.245 e. The fraction of sp³-hybridized carbons (Fsp3) is 0.639. The lowest BCUT2D eigenvalue weighted by atomic mass is 10.0. The number of hydrogen-bond acceptors (Lipinski definition) is 10. The third-order valence-electron chi connectivity index (χ3n) is 9.75. The third-order valence-corrected chi connectivity index (χ3v) is 9.75. The molecule has 0 aliphatic carbocycles. The first-order chi connectivity index (χ1) is 24.6. The molecular weight excluding hydrogens is 658 g/mol. The zero-order chi connectivity index (χ0) is 37.3. The molecule has 2 aliphatic heterocycles. The molecule has 15 heteroatoms. The lowest BCUT2D eigenvalue weighted by molar-refractivity contribution is -0.141. The molecule has 3 rings (SSSR count). The van der Waals surface area contributed by atoms with E-state index in [0.29, 0.717) is 70.7 Å². The Labute approximate surface area is 300 Å². The Kier molecular flexibility index (Phi) is 17.0. The molecule has 282 valence electrons. The predicted octanol–water partition coefficient (Wildman–Crippen LogP) is -0.0632. The van der Waals surface area contributed by atoms with Crippen LogP contribution >= 0.6 is 0 Å². The number of carbonyl (C=O) groups excluding carboxylic acids is 7. The zero-order valence-corrected chi connectivity index (χ0v) is 30.0. The first-order valence-corrected chi connectivity index (χ1v) is 18.1. The number of aromatic hydroxyl groups is 1. The van der Waals surface area contributed by atoms with Crippen LogP contribution in [0.5, 0.6) is 5.75 Å². The van der Waals surface area contributed by atoms with Crippen LogP contribution in [0.1, 0.15) is 76.7 Å². The van der Waals surface area contributed by atoms with Crippen LogP contribution in [-0.2, 0) is 40.0 Å². The largest absolute Gasteiger partial charge is 0.508 e. The van der Waals surface area contributed by atoms with Gasteiger partial charge < -0.3 is 51.1 Å². The zero-order valence-electron chi connectivity index (χ0n) is 30.0. The van der Waals surface area contributed by atoms with Gasteiger partial charge in [0.05, 0.1) is 18.1 Å². The second-order valence-electron chi connectivity index (χ2n) is 13.2. The summed E-state index contributed by atoms with van der Waals surface area (Å²) in [6.07, 6.45) is 6.24. The topological polar surface area (TPSA) is 206 Å². The van der Waals surface area contributed by atoms with Crippen LogP contribution in [0.3, 0.4) is 0 Å². The number of benzene rings is 1. The average Bonchev–Trinajstić information content (AvgIpc) is 3.83. The van der Waals surface area contributed by atoms with Gasteiger partial charge in [-0.2, -0.15) is 0 Å². The van der Waals surface area contributed by atoms with Gasteiger partial charge in [0.2, 0.25) is 29.5 Å². The standard InChI is InChI=1S/C36H55N7O8/c1-4-27(35(50)42-20-6-9-25(42)23-45)40-32(47)28(37-2)10-5-19-39-34(49)31-12-7-21-43(31)36(51)30(11-8-22-44)41-33(48)29(38-3)18-15-24-13-16-26(46)17-14-24/h13-14,16-17,22-23,25,27-31,37-38,46H,4-12,15,18-21H2,1-3H3,(H,39,49)(H,40,47)(H,41,48)/t25?,27?,28-,29?,30?,31?/m0/s1. The average molecular weight is 714 g/mol. The van der Waals surface area contributed by atoms with Gasteiger partial charge in [0.1, 0.15) is 36.4 Å². The number of hydrogen-bond donors (Lipinski definition) is 6. The summed E-state index contributed by atoms with van der Waals surface area (Å²) in [5.41, 5.74) is 0.939. The third kappa shape index (κ3) is 11.8. The van der Waals surface area contributed by atoms with Crippen LogP contribution in [0.4, 0.5) is 0 Å². The number of nitrogens with zero attached hydrogens (tertiary/aromatic N) is 2. The Balaban J connectivity index is 1.51. The SMILES string of the molecule is CCC(NC(=O)[C@H](CCCNC(=O)C1CCCN1C(=O)C(CCC=O)NC(=O)C(CCc1ccc(O)cc1)NC)NC)C(=O)N1CCCC1C=O. The maximum atomic E-state index is 13.7. The molecule has 2 saturated heterocycles. The van der Waals surface area contributed by atoms with Crippen LogP contribution in [-0.4, -0.2) is 127 Å². The van der Waals surface area contributed by atoms with Crippen molar-refractivity contribution in [3.63, 3.8) is 0 Å². The molecule has 0 saturated carbocycles. The lowest BCUT2D eigenvalue weighted by Crippen LogP contribution is -2.56. The molecule has 5 amide bonds. The van der Waals surface area contributed by atoms with E-state index < -0.39 is 42.2 Å². The second kappa shape index (κ2) is 21.1. The maximum absolute atomic E-state index is 13.7. The molecule has 2 aliphatic rings. The minimum Gasteiger partial charge on any atom is -0.508 e. The Morgan fingerprint density at radius 1 is 0.824 bits per heavy atom. The van der Waals surface area contributed by atoms with Crippen molar-refractivity contribution in [3.05, 3.63) is 29.8 Å². The van der Waals surface area contributed by atoms with Crippen LogP contribution in [0.2, 0.25) is 0 Å². The van der Waals surface area contributed by atoms with Gasteiger partial charge in [-0.15, -0.1) is 0 Å².